The van der Waals surface area contributed by atoms with Gasteiger partial charge in [0.05, 0.1) is 18.6 Å². The Morgan fingerprint density at radius 3 is 2.64 bits per heavy atom. The number of rotatable bonds is 8. The van der Waals surface area contributed by atoms with Gasteiger partial charge in [-0.1, -0.05) is 61.5 Å². The van der Waals surface area contributed by atoms with Gasteiger partial charge in [-0.05, 0) is 42.5 Å². The Kier molecular flexibility index (Phi) is 7.25. The number of ether oxygens (including phenoxy) is 1. The molecule has 5 nitrogen and oxygen atoms in total. The molecule has 0 aromatic heterocycles. The van der Waals surface area contributed by atoms with E-state index >= 15 is 0 Å². The van der Waals surface area contributed by atoms with Crippen LogP contribution in [0.15, 0.2) is 58.7 Å². The number of thioether (sulfide) groups is 1. The van der Waals surface area contributed by atoms with Crippen LogP contribution in [0.4, 0.5) is 0 Å². The highest BCUT2D eigenvalue weighted by Crippen LogP contribution is 2.24. The molecule has 0 unspecified atom stereocenters. The van der Waals surface area contributed by atoms with Crippen molar-refractivity contribution in [3.8, 4) is 5.75 Å². The van der Waals surface area contributed by atoms with Gasteiger partial charge in [0.1, 0.15) is 5.75 Å². The summed E-state index contributed by atoms with van der Waals surface area (Å²) in [5.74, 6) is 0.709. The van der Waals surface area contributed by atoms with Gasteiger partial charge >= 0.3 is 0 Å². The number of amides is 1. The van der Waals surface area contributed by atoms with Crippen molar-refractivity contribution in [3.05, 3.63) is 65.2 Å². The molecule has 0 bridgehead atoms. The predicted octanol–water partition coefficient (Wildman–Crippen LogP) is 4.20. The molecule has 146 valence electrons. The van der Waals surface area contributed by atoms with E-state index in [1.807, 2.05) is 24.3 Å². The molecule has 1 aliphatic rings. The molecule has 1 heterocycles. The molecule has 0 saturated carbocycles. The number of para-hydroxylation sites is 1. The van der Waals surface area contributed by atoms with Crippen molar-refractivity contribution >= 4 is 29.1 Å². The second-order valence-electron chi connectivity index (χ2n) is 6.61. The summed E-state index contributed by atoms with van der Waals surface area (Å²) in [6, 6.07) is 16.1. The smallest absolute Gasteiger partial charge is 0.239 e. The van der Waals surface area contributed by atoms with Crippen LogP contribution >= 0.6 is 11.8 Å². The van der Waals surface area contributed by atoms with Crippen LogP contribution in [0.1, 0.15) is 36.5 Å². The quantitative estimate of drug-likeness (QED) is 0.538. The van der Waals surface area contributed by atoms with Crippen molar-refractivity contribution in [2.45, 2.75) is 37.9 Å². The first-order valence-corrected chi connectivity index (χ1v) is 10.4. The monoisotopic (exact) mass is 395 g/mol. The second kappa shape index (κ2) is 10.1. The number of unbranched alkanes of at least 4 members (excludes halogenated alkanes) is 1. The van der Waals surface area contributed by atoms with Gasteiger partial charge in [-0.2, -0.15) is 5.10 Å². The Morgan fingerprint density at radius 2 is 1.89 bits per heavy atom. The average molecular weight is 396 g/mol. The van der Waals surface area contributed by atoms with Gasteiger partial charge in [-0.25, -0.2) is 0 Å². The van der Waals surface area contributed by atoms with Gasteiger partial charge in [-0.15, -0.1) is 5.10 Å². The van der Waals surface area contributed by atoms with Crippen molar-refractivity contribution < 1.29 is 9.53 Å². The van der Waals surface area contributed by atoms with Gasteiger partial charge < -0.3 is 10.1 Å². The summed E-state index contributed by atoms with van der Waals surface area (Å²) >= 11 is 1.42. The lowest BCUT2D eigenvalue weighted by atomic mass is 10.0. The highest BCUT2D eigenvalue weighted by molar-refractivity contribution is 8.15. The van der Waals surface area contributed by atoms with Crippen LogP contribution in [0, 0.1) is 0 Å². The van der Waals surface area contributed by atoms with Gasteiger partial charge in [0.15, 0.2) is 5.17 Å². The lowest BCUT2D eigenvalue weighted by molar-refractivity contribution is -0.118. The molecule has 1 aliphatic heterocycles. The third-order valence-electron chi connectivity index (χ3n) is 4.52. The van der Waals surface area contributed by atoms with Crippen LogP contribution in [0.25, 0.3) is 0 Å². The molecule has 6 heteroatoms. The summed E-state index contributed by atoms with van der Waals surface area (Å²) in [4.78, 5) is 12.2. The van der Waals surface area contributed by atoms with E-state index in [0.717, 1.165) is 23.3 Å². The standard InChI is InChI=1S/C22H25N3O2S/c1-3-4-7-16-10-12-17(13-11-16)14-20-21(26)24-22(28-20)25-23-15-18-8-5-6-9-19(18)27-2/h5-6,8-13,15,20H,3-4,7,14H2,1-2H3,(H,24,25,26)/b23-15-/t20-/m0/s1. The largest absolute Gasteiger partial charge is 0.496 e. The number of nitrogens with one attached hydrogen (secondary N) is 1. The van der Waals surface area contributed by atoms with Gasteiger partial charge in [0.25, 0.3) is 0 Å². The van der Waals surface area contributed by atoms with E-state index in [0.29, 0.717) is 11.6 Å². The first-order chi connectivity index (χ1) is 13.7. The number of hydrogen-bond acceptors (Lipinski definition) is 5. The highest BCUT2D eigenvalue weighted by Gasteiger charge is 2.30. The topological polar surface area (TPSA) is 63.1 Å². The maximum atomic E-state index is 12.2. The Hall–Kier alpha value is -2.60. The summed E-state index contributed by atoms with van der Waals surface area (Å²) in [5, 5.41) is 11.4. The zero-order valence-corrected chi connectivity index (χ0v) is 17.0. The summed E-state index contributed by atoms with van der Waals surface area (Å²) in [6.45, 7) is 2.20. The van der Waals surface area contributed by atoms with Gasteiger partial charge in [0, 0.05) is 5.56 Å². The van der Waals surface area contributed by atoms with Crippen LogP contribution in [-0.4, -0.2) is 29.6 Å². The van der Waals surface area contributed by atoms with Crippen LogP contribution in [0.3, 0.4) is 0 Å². The Bertz CT molecular complexity index is 862. The Balaban J connectivity index is 1.58. The van der Waals surface area contributed by atoms with Crippen molar-refractivity contribution in [1.29, 1.82) is 0 Å². The van der Waals surface area contributed by atoms with E-state index in [1.54, 1.807) is 13.3 Å². The molecule has 0 spiro atoms. The highest BCUT2D eigenvalue weighted by atomic mass is 32.2. The Labute approximate surface area is 170 Å². The number of nitrogens with zero attached hydrogens (tertiary/aromatic N) is 2. The summed E-state index contributed by atoms with van der Waals surface area (Å²) in [7, 11) is 1.62. The number of carbonyl (C=O) groups is 1. The fourth-order valence-electron chi connectivity index (χ4n) is 2.94. The van der Waals surface area contributed by atoms with Crippen LogP contribution in [0.5, 0.6) is 5.75 Å². The summed E-state index contributed by atoms with van der Waals surface area (Å²) in [6.07, 6.45) is 5.81. The second-order valence-corrected chi connectivity index (χ2v) is 7.80. The summed E-state index contributed by atoms with van der Waals surface area (Å²) in [5.41, 5.74) is 3.34. The van der Waals surface area contributed by atoms with E-state index in [2.05, 4.69) is 46.7 Å². The van der Waals surface area contributed by atoms with Crippen molar-refractivity contribution in [1.82, 2.24) is 5.32 Å². The molecular weight excluding hydrogens is 370 g/mol. The molecule has 2 aromatic carbocycles. The average Bonchev–Trinajstić information content (AvgIpc) is 3.07. The number of benzene rings is 2. The molecule has 1 amide bonds. The van der Waals surface area contributed by atoms with E-state index in [9.17, 15) is 4.79 Å². The van der Waals surface area contributed by atoms with Crippen molar-refractivity contribution in [3.63, 3.8) is 0 Å². The van der Waals surface area contributed by atoms with Crippen molar-refractivity contribution in [2.24, 2.45) is 10.2 Å². The van der Waals surface area contributed by atoms with Gasteiger partial charge in [0.2, 0.25) is 5.91 Å². The molecule has 0 aliphatic carbocycles. The lowest BCUT2D eigenvalue weighted by Crippen LogP contribution is -2.25. The number of amidine groups is 1. The molecule has 0 radical (unpaired) electrons. The molecule has 1 fully saturated rings. The molecule has 1 saturated heterocycles. The molecule has 1 N–H and O–H groups in total. The number of methoxy groups -OCH3 is 1. The fourth-order valence-corrected chi connectivity index (χ4v) is 3.91. The number of carbonyl (C=O) groups excluding carboxylic acids is 1. The minimum absolute atomic E-state index is 0.0219. The number of aryl methyl sites for hydroxylation is 1. The zero-order valence-electron chi connectivity index (χ0n) is 16.2. The third-order valence-corrected chi connectivity index (χ3v) is 5.60. The fraction of sp³-hybridized carbons (Fsp3) is 0.318. The minimum atomic E-state index is -0.179. The molecule has 2 aromatic rings. The lowest BCUT2D eigenvalue weighted by Gasteiger charge is -2.06. The molecule has 3 rings (SSSR count). The normalized spacial score (nSPS) is 18.0. The first-order valence-electron chi connectivity index (χ1n) is 9.49. The SMILES string of the molecule is CCCCc1ccc(C[C@@H]2S/C(=N/N=C\c3ccccc3OC)NC2=O)cc1. The number of hydrogen-bond donors (Lipinski definition) is 1. The molecule has 1 atom stereocenters. The molecule has 28 heavy (non-hydrogen) atoms. The van der Waals surface area contributed by atoms with E-state index < -0.39 is 0 Å². The third kappa shape index (κ3) is 5.45. The van der Waals surface area contributed by atoms with Crippen LogP contribution < -0.4 is 10.1 Å². The van der Waals surface area contributed by atoms with Crippen molar-refractivity contribution in [2.75, 3.05) is 7.11 Å². The van der Waals surface area contributed by atoms with Crippen LogP contribution in [-0.2, 0) is 17.6 Å². The van der Waals surface area contributed by atoms with E-state index in [-0.39, 0.29) is 11.2 Å². The minimum Gasteiger partial charge on any atom is -0.496 e. The predicted molar refractivity (Wildman–Crippen MR) is 116 cm³/mol. The van der Waals surface area contributed by atoms with E-state index in [4.69, 9.17) is 4.74 Å². The first kappa shape index (κ1) is 20.1. The maximum Gasteiger partial charge on any atom is 0.239 e. The van der Waals surface area contributed by atoms with Crippen LogP contribution in [0.2, 0.25) is 0 Å². The Morgan fingerprint density at radius 1 is 1.14 bits per heavy atom. The van der Waals surface area contributed by atoms with Gasteiger partial charge in [-0.3, -0.25) is 4.79 Å². The van der Waals surface area contributed by atoms with E-state index in [1.165, 1.54) is 30.2 Å². The summed E-state index contributed by atoms with van der Waals surface area (Å²) < 4.78 is 5.28. The molecular formula is C22H25N3O2S. The maximum absolute atomic E-state index is 12.2. The zero-order chi connectivity index (χ0) is 19.8.